The van der Waals surface area contributed by atoms with Crippen LogP contribution in [0.3, 0.4) is 0 Å². The van der Waals surface area contributed by atoms with Crippen LogP contribution in [0, 0.1) is 0 Å². The first-order valence-corrected chi connectivity index (χ1v) is 4.10. The molecule has 0 aromatic carbocycles. The summed E-state index contributed by atoms with van der Waals surface area (Å²) in [6, 6.07) is -1.94. The lowest BCUT2D eigenvalue weighted by Crippen LogP contribution is -2.43. The highest BCUT2D eigenvalue weighted by Gasteiger charge is 2.29. The number of primary amides is 1. The summed E-state index contributed by atoms with van der Waals surface area (Å²) in [5.74, 6) is -0.767. The average molecular weight is 227 g/mol. The Morgan fingerprint density at radius 2 is 1.93 bits per heavy atom. The largest absolute Gasteiger partial charge is 0.390 e. The fraction of sp³-hybridized carbons (Fsp3) is 0.714. The summed E-state index contributed by atoms with van der Waals surface area (Å²) in [6.07, 6.45) is -5.33. The third-order valence-corrected chi connectivity index (χ3v) is 1.41. The van der Waals surface area contributed by atoms with Crippen molar-refractivity contribution >= 4 is 11.9 Å². The lowest BCUT2D eigenvalue weighted by atomic mass is 10.2. The predicted octanol–water partition coefficient (Wildman–Crippen LogP) is 0.112. The molecule has 0 heterocycles. The number of imide groups is 1. The molecule has 0 spiro atoms. The second-order valence-electron chi connectivity index (χ2n) is 3.01. The maximum atomic E-state index is 11.8. The molecule has 5 nitrogen and oxygen atoms in total. The van der Waals surface area contributed by atoms with E-state index < -0.39 is 30.6 Å². The Morgan fingerprint density at radius 3 is 2.33 bits per heavy atom. The summed E-state index contributed by atoms with van der Waals surface area (Å²) in [5, 5.41) is 4.02. The standard InChI is InChI=1S/C7H12F3N3O2/c1-4(2-7(8,9)10)12-3-5(14)13-6(11)15/h4,12H,2-3H2,1H3,(H3,11,13,14,15). The normalized spacial score (nSPS) is 13.3. The number of hydrogen-bond acceptors (Lipinski definition) is 3. The second kappa shape index (κ2) is 5.54. The van der Waals surface area contributed by atoms with Gasteiger partial charge in [-0.25, -0.2) is 4.79 Å². The highest BCUT2D eigenvalue weighted by molar-refractivity contribution is 5.94. The zero-order valence-electron chi connectivity index (χ0n) is 8.02. The molecule has 1 atom stereocenters. The molecule has 0 saturated carbocycles. The molecule has 0 fully saturated rings. The summed E-state index contributed by atoms with van der Waals surface area (Å²) < 4.78 is 35.5. The Bertz CT molecular complexity index is 242. The Balaban J connectivity index is 3.76. The van der Waals surface area contributed by atoms with Gasteiger partial charge in [-0.15, -0.1) is 0 Å². The molecular weight excluding hydrogens is 215 g/mol. The van der Waals surface area contributed by atoms with Crippen LogP contribution in [0.2, 0.25) is 0 Å². The van der Waals surface area contributed by atoms with Gasteiger partial charge in [0, 0.05) is 6.04 Å². The van der Waals surface area contributed by atoms with E-state index in [-0.39, 0.29) is 6.54 Å². The average Bonchev–Trinajstić information content (AvgIpc) is 1.96. The topological polar surface area (TPSA) is 84.2 Å². The molecule has 0 radical (unpaired) electrons. The monoisotopic (exact) mass is 227 g/mol. The van der Waals surface area contributed by atoms with Crippen LogP contribution in [0.1, 0.15) is 13.3 Å². The van der Waals surface area contributed by atoms with Crippen LogP contribution in [0.15, 0.2) is 0 Å². The van der Waals surface area contributed by atoms with E-state index in [1.54, 1.807) is 5.32 Å². The van der Waals surface area contributed by atoms with Crippen LogP contribution in [0.25, 0.3) is 0 Å². The zero-order valence-corrected chi connectivity index (χ0v) is 8.02. The van der Waals surface area contributed by atoms with Crippen LogP contribution in [0.5, 0.6) is 0 Å². The van der Waals surface area contributed by atoms with Crippen molar-refractivity contribution in [2.75, 3.05) is 6.54 Å². The van der Waals surface area contributed by atoms with Gasteiger partial charge in [-0.3, -0.25) is 10.1 Å². The molecule has 15 heavy (non-hydrogen) atoms. The van der Waals surface area contributed by atoms with Gasteiger partial charge in [0.15, 0.2) is 0 Å². The maximum absolute atomic E-state index is 11.8. The molecule has 88 valence electrons. The molecule has 4 N–H and O–H groups in total. The Hall–Kier alpha value is -1.31. The Labute approximate surface area is 84.2 Å². The van der Waals surface area contributed by atoms with E-state index in [4.69, 9.17) is 0 Å². The third kappa shape index (κ3) is 9.01. The fourth-order valence-corrected chi connectivity index (χ4v) is 0.868. The predicted molar refractivity (Wildman–Crippen MR) is 45.9 cm³/mol. The second-order valence-corrected chi connectivity index (χ2v) is 3.01. The molecule has 0 rings (SSSR count). The van der Waals surface area contributed by atoms with E-state index in [0.717, 1.165) is 0 Å². The molecular formula is C7H12F3N3O2. The van der Waals surface area contributed by atoms with Crippen molar-refractivity contribution in [1.82, 2.24) is 10.6 Å². The summed E-state index contributed by atoms with van der Waals surface area (Å²) in [6.45, 7) is 0.894. The molecule has 0 aromatic heterocycles. The van der Waals surface area contributed by atoms with Gasteiger partial charge < -0.3 is 11.1 Å². The van der Waals surface area contributed by atoms with Gasteiger partial charge in [0.25, 0.3) is 0 Å². The molecule has 0 aliphatic heterocycles. The van der Waals surface area contributed by atoms with E-state index >= 15 is 0 Å². The first-order valence-electron chi connectivity index (χ1n) is 4.10. The maximum Gasteiger partial charge on any atom is 0.390 e. The van der Waals surface area contributed by atoms with Crippen LogP contribution >= 0.6 is 0 Å². The highest BCUT2D eigenvalue weighted by Crippen LogP contribution is 2.20. The molecule has 3 amide bonds. The van der Waals surface area contributed by atoms with Gasteiger partial charge >= 0.3 is 12.2 Å². The first kappa shape index (κ1) is 13.7. The smallest absolute Gasteiger partial charge is 0.351 e. The molecule has 8 heteroatoms. The van der Waals surface area contributed by atoms with E-state index in [0.29, 0.717) is 0 Å². The van der Waals surface area contributed by atoms with E-state index in [1.165, 1.54) is 6.92 Å². The number of halogens is 3. The Kier molecular flexibility index (Phi) is 5.06. The summed E-state index contributed by atoms with van der Waals surface area (Å²) in [5.41, 5.74) is 4.62. The van der Waals surface area contributed by atoms with Gasteiger partial charge in [-0.2, -0.15) is 13.2 Å². The van der Waals surface area contributed by atoms with E-state index in [2.05, 4.69) is 11.1 Å². The quantitative estimate of drug-likeness (QED) is 0.637. The molecule has 0 aliphatic rings. The van der Waals surface area contributed by atoms with Gasteiger partial charge in [-0.05, 0) is 6.92 Å². The summed E-state index contributed by atoms with van der Waals surface area (Å²) in [7, 11) is 0. The van der Waals surface area contributed by atoms with Crippen molar-refractivity contribution in [3.8, 4) is 0 Å². The number of nitrogens with two attached hydrogens (primary N) is 1. The van der Waals surface area contributed by atoms with E-state index in [1.807, 2.05) is 0 Å². The zero-order chi connectivity index (χ0) is 12.1. The number of rotatable bonds is 4. The lowest BCUT2D eigenvalue weighted by molar-refractivity contribution is -0.139. The van der Waals surface area contributed by atoms with Crippen molar-refractivity contribution in [1.29, 1.82) is 0 Å². The number of nitrogens with one attached hydrogen (secondary N) is 2. The number of carbonyl (C=O) groups excluding carboxylic acids is 2. The third-order valence-electron chi connectivity index (χ3n) is 1.41. The van der Waals surface area contributed by atoms with Crippen molar-refractivity contribution < 1.29 is 22.8 Å². The van der Waals surface area contributed by atoms with E-state index in [9.17, 15) is 22.8 Å². The molecule has 0 aliphatic carbocycles. The molecule has 0 bridgehead atoms. The first-order chi connectivity index (χ1) is 6.70. The van der Waals surface area contributed by atoms with Gasteiger partial charge in [0.2, 0.25) is 5.91 Å². The van der Waals surface area contributed by atoms with Crippen molar-refractivity contribution in [3.63, 3.8) is 0 Å². The van der Waals surface area contributed by atoms with Crippen LogP contribution in [0.4, 0.5) is 18.0 Å². The number of alkyl halides is 3. The molecule has 0 saturated heterocycles. The van der Waals surface area contributed by atoms with Crippen molar-refractivity contribution in [3.05, 3.63) is 0 Å². The number of amides is 3. The van der Waals surface area contributed by atoms with Crippen molar-refractivity contribution in [2.24, 2.45) is 5.73 Å². The minimum absolute atomic E-state index is 0.389. The Morgan fingerprint density at radius 1 is 1.40 bits per heavy atom. The van der Waals surface area contributed by atoms with Crippen LogP contribution in [-0.2, 0) is 4.79 Å². The fourth-order valence-electron chi connectivity index (χ4n) is 0.868. The minimum atomic E-state index is -4.29. The van der Waals surface area contributed by atoms with Gasteiger partial charge in [0.1, 0.15) is 0 Å². The number of hydrogen-bond donors (Lipinski definition) is 3. The minimum Gasteiger partial charge on any atom is -0.351 e. The highest BCUT2D eigenvalue weighted by atomic mass is 19.4. The lowest BCUT2D eigenvalue weighted by Gasteiger charge is -2.14. The number of urea groups is 1. The van der Waals surface area contributed by atoms with Crippen LogP contribution < -0.4 is 16.4 Å². The van der Waals surface area contributed by atoms with Crippen LogP contribution in [-0.4, -0.2) is 30.7 Å². The van der Waals surface area contributed by atoms with Gasteiger partial charge in [-0.1, -0.05) is 0 Å². The SMILES string of the molecule is CC(CC(F)(F)F)NCC(=O)NC(N)=O. The van der Waals surface area contributed by atoms with Gasteiger partial charge in [0.05, 0.1) is 13.0 Å². The molecule has 1 unspecified atom stereocenters. The summed E-state index contributed by atoms with van der Waals surface area (Å²) in [4.78, 5) is 20.9. The van der Waals surface area contributed by atoms with Crippen molar-refractivity contribution in [2.45, 2.75) is 25.6 Å². The number of carbonyl (C=O) groups is 2. The summed E-state index contributed by atoms with van der Waals surface area (Å²) >= 11 is 0. The molecule has 0 aromatic rings.